The molecule has 156 valence electrons. The quantitative estimate of drug-likeness (QED) is 0.749. The molecule has 0 aromatic heterocycles. The van der Waals surface area contributed by atoms with Gasteiger partial charge in [0.15, 0.2) is 0 Å². The largest absolute Gasteiger partial charge is 0.341 e. The van der Waals surface area contributed by atoms with Gasteiger partial charge in [-0.2, -0.15) is 0 Å². The molecule has 1 heterocycles. The highest BCUT2D eigenvalue weighted by atomic mass is 32.2. The maximum Gasteiger partial charge on any atom is 0.264 e. The van der Waals surface area contributed by atoms with Crippen molar-refractivity contribution in [3.8, 4) is 0 Å². The van der Waals surface area contributed by atoms with Gasteiger partial charge in [-0.05, 0) is 37.1 Å². The number of hydrogen-bond donors (Lipinski definition) is 1. The molecule has 9 heteroatoms. The zero-order valence-corrected chi connectivity index (χ0v) is 17.9. The van der Waals surface area contributed by atoms with E-state index in [1.165, 1.54) is 38.4 Å². The van der Waals surface area contributed by atoms with Crippen molar-refractivity contribution < 1.29 is 22.8 Å². The number of benzene rings is 1. The van der Waals surface area contributed by atoms with Crippen LogP contribution >= 0.6 is 0 Å². The molecule has 0 bridgehead atoms. The van der Waals surface area contributed by atoms with Crippen molar-refractivity contribution in [2.75, 3.05) is 32.6 Å². The Bertz CT molecular complexity index is 815. The highest BCUT2D eigenvalue weighted by Crippen LogP contribution is 2.25. The van der Waals surface area contributed by atoms with E-state index in [9.17, 15) is 18.0 Å². The van der Waals surface area contributed by atoms with Gasteiger partial charge in [0.1, 0.15) is 0 Å². The lowest BCUT2D eigenvalue weighted by atomic mass is 9.91. The van der Waals surface area contributed by atoms with Gasteiger partial charge in [-0.15, -0.1) is 0 Å². The van der Waals surface area contributed by atoms with Crippen LogP contribution in [0.1, 0.15) is 33.6 Å². The number of sulfonamides is 1. The van der Waals surface area contributed by atoms with Crippen LogP contribution < -0.4 is 5.32 Å². The molecule has 1 aromatic carbocycles. The summed E-state index contributed by atoms with van der Waals surface area (Å²) in [6.45, 7) is 6.67. The SMILES string of the molecule is CON(C)S(=O)(=O)c1ccc(NC(=O)C2CCCN(C(=O)C(C)(C)C)C2)cc1. The molecule has 1 saturated heterocycles. The summed E-state index contributed by atoms with van der Waals surface area (Å²) in [5.74, 6) is -0.416. The Morgan fingerprint density at radius 3 is 2.36 bits per heavy atom. The van der Waals surface area contributed by atoms with Crippen molar-refractivity contribution in [2.45, 2.75) is 38.5 Å². The molecule has 1 atom stereocenters. The smallest absolute Gasteiger partial charge is 0.264 e. The average Bonchev–Trinajstić information content (AvgIpc) is 2.66. The Labute approximate surface area is 166 Å². The van der Waals surface area contributed by atoms with E-state index in [-0.39, 0.29) is 22.6 Å². The van der Waals surface area contributed by atoms with Crippen LogP contribution in [-0.4, -0.2) is 56.8 Å². The number of nitrogens with zero attached hydrogens (tertiary/aromatic N) is 2. The molecule has 1 aliphatic rings. The Morgan fingerprint density at radius 1 is 1.21 bits per heavy atom. The fourth-order valence-corrected chi connectivity index (χ4v) is 4.02. The van der Waals surface area contributed by atoms with E-state index in [0.29, 0.717) is 25.2 Å². The van der Waals surface area contributed by atoms with E-state index in [4.69, 9.17) is 4.84 Å². The van der Waals surface area contributed by atoms with E-state index in [1.54, 1.807) is 4.90 Å². The van der Waals surface area contributed by atoms with Crippen molar-refractivity contribution in [3.63, 3.8) is 0 Å². The van der Waals surface area contributed by atoms with Crippen molar-refractivity contribution in [3.05, 3.63) is 24.3 Å². The third-order valence-electron chi connectivity index (χ3n) is 4.74. The number of rotatable bonds is 5. The van der Waals surface area contributed by atoms with Crippen LogP contribution in [0.5, 0.6) is 0 Å². The standard InChI is InChI=1S/C19H29N3O5S/c1-19(2,3)18(24)22-12-6-7-14(13-22)17(23)20-15-8-10-16(11-9-15)28(25,26)21(4)27-5/h8-11,14H,6-7,12-13H2,1-5H3,(H,20,23). The van der Waals surface area contributed by atoms with Crippen LogP contribution in [0.25, 0.3) is 0 Å². The van der Waals surface area contributed by atoms with Crippen molar-refractivity contribution in [1.29, 1.82) is 0 Å². The Morgan fingerprint density at radius 2 is 1.82 bits per heavy atom. The second-order valence-corrected chi connectivity index (χ2v) is 9.89. The lowest BCUT2D eigenvalue weighted by Gasteiger charge is -2.35. The van der Waals surface area contributed by atoms with Crippen LogP contribution in [0, 0.1) is 11.3 Å². The minimum absolute atomic E-state index is 0.0434. The maximum absolute atomic E-state index is 12.6. The van der Waals surface area contributed by atoms with Gasteiger partial charge in [0.25, 0.3) is 10.0 Å². The summed E-state index contributed by atoms with van der Waals surface area (Å²) < 4.78 is 25.2. The summed E-state index contributed by atoms with van der Waals surface area (Å²) in [6, 6.07) is 5.90. The van der Waals surface area contributed by atoms with Crippen LogP contribution in [0.15, 0.2) is 29.2 Å². The number of amides is 2. The number of hydroxylamine groups is 1. The Hall–Kier alpha value is -1.97. The number of likely N-dealkylation sites (tertiary alicyclic amines) is 1. The zero-order chi connectivity index (χ0) is 21.1. The van der Waals surface area contributed by atoms with Gasteiger partial charge in [-0.1, -0.05) is 25.2 Å². The van der Waals surface area contributed by atoms with E-state index in [0.717, 1.165) is 10.9 Å². The molecular formula is C19H29N3O5S. The van der Waals surface area contributed by atoms with Crippen molar-refractivity contribution in [2.24, 2.45) is 11.3 Å². The first-order valence-electron chi connectivity index (χ1n) is 9.20. The monoisotopic (exact) mass is 411 g/mol. The van der Waals surface area contributed by atoms with Gasteiger partial charge >= 0.3 is 0 Å². The minimum atomic E-state index is -3.73. The van der Waals surface area contributed by atoms with Gasteiger partial charge in [0, 0.05) is 31.2 Å². The highest BCUT2D eigenvalue weighted by molar-refractivity contribution is 7.89. The first kappa shape index (κ1) is 22.3. The number of hydrogen-bond acceptors (Lipinski definition) is 5. The maximum atomic E-state index is 12.6. The summed E-state index contributed by atoms with van der Waals surface area (Å²) in [5, 5.41) is 2.82. The summed E-state index contributed by atoms with van der Waals surface area (Å²) >= 11 is 0. The van der Waals surface area contributed by atoms with Crippen LogP contribution in [-0.2, 0) is 24.4 Å². The summed E-state index contributed by atoms with van der Waals surface area (Å²) in [5.41, 5.74) is 0.0259. The molecule has 2 amide bonds. The number of carbonyl (C=O) groups excluding carboxylic acids is 2. The first-order chi connectivity index (χ1) is 13.0. The predicted molar refractivity (Wildman–Crippen MR) is 106 cm³/mol. The number of nitrogens with one attached hydrogen (secondary N) is 1. The fourth-order valence-electron chi connectivity index (χ4n) is 3.05. The topological polar surface area (TPSA) is 96.0 Å². The molecule has 1 fully saturated rings. The molecule has 0 saturated carbocycles. The number of anilines is 1. The Balaban J connectivity index is 2.04. The molecule has 0 aliphatic carbocycles. The van der Waals surface area contributed by atoms with Crippen molar-refractivity contribution >= 4 is 27.5 Å². The molecule has 1 aliphatic heterocycles. The van der Waals surface area contributed by atoms with E-state index >= 15 is 0 Å². The summed E-state index contributed by atoms with van der Waals surface area (Å²) in [7, 11) is -1.16. The van der Waals surface area contributed by atoms with Gasteiger partial charge in [0.2, 0.25) is 11.8 Å². The number of piperidine rings is 1. The van der Waals surface area contributed by atoms with E-state index < -0.39 is 15.4 Å². The van der Waals surface area contributed by atoms with Gasteiger partial charge in [-0.25, -0.2) is 8.42 Å². The van der Waals surface area contributed by atoms with Crippen LogP contribution in [0.2, 0.25) is 0 Å². The van der Waals surface area contributed by atoms with Gasteiger partial charge in [-0.3, -0.25) is 14.4 Å². The molecule has 28 heavy (non-hydrogen) atoms. The first-order valence-corrected chi connectivity index (χ1v) is 10.6. The Kier molecular flexibility index (Phi) is 6.84. The lowest BCUT2D eigenvalue weighted by molar-refractivity contribution is -0.142. The highest BCUT2D eigenvalue weighted by Gasteiger charge is 2.33. The summed E-state index contributed by atoms with van der Waals surface area (Å²) in [4.78, 5) is 31.7. The normalized spacial score (nSPS) is 18.2. The molecule has 0 radical (unpaired) electrons. The lowest BCUT2D eigenvalue weighted by Crippen LogP contribution is -2.47. The second-order valence-electron chi connectivity index (χ2n) is 7.95. The molecular weight excluding hydrogens is 382 g/mol. The fraction of sp³-hybridized carbons (Fsp3) is 0.579. The second kappa shape index (κ2) is 8.59. The summed E-state index contributed by atoms with van der Waals surface area (Å²) in [6.07, 6.45) is 1.49. The molecule has 2 rings (SSSR count). The zero-order valence-electron chi connectivity index (χ0n) is 17.1. The van der Waals surface area contributed by atoms with E-state index in [2.05, 4.69) is 5.32 Å². The minimum Gasteiger partial charge on any atom is -0.341 e. The molecule has 1 aromatic rings. The third-order valence-corrected chi connectivity index (χ3v) is 6.43. The molecule has 1 unspecified atom stereocenters. The van der Waals surface area contributed by atoms with E-state index in [1.807, 2.05) is 20.8 Å². The average molecular weight is 412 g/mol. The third kappa shape index (κ3) is 5.09. The number of carbonyl (C=O) groups is 2. The van der Waals surface area contributed by atoms with Crippen molar-refractivity contribution in [1.82, 2.24) is 9.37 Å². The molecule has 1 N–H and O–H groups in total. The van der Waals surface area contributed by atoms with Gasteiger partial charge < -0.3 is 10.2 Å². The predicted octanol–water partition coefficient (Wildman–Crippen LogP) is 2.09. The molecule has 0 spiro atoms. The van der Waals surface area contributed by atoms with Crippen LogP contribution in [0.4, 0.5) is 5.69 Å². The molecule has 8 nitrogen and oxygen atoms in total. The van der Waals surface area contributed by atoms with Crippen LogP contribution in [0.3, 0.4) is 0 Å². The van der Waals surface area contributed by atoms with Gasteiger partial charge in [0.05, 0.1) is 17.9 Å².